The molecule has 0 aliphatic heterocycles. The molecule has 8 aromatic rings. The van der Waals surface area contributed by atoms with Crippen LogP contribution >= 0.6 is 0 Å². The van der Waals surface area contributed by atoms with Crippen molar-refractivity contribution in [1.82, 2.24) is 0 Å². The van der Waals surface area contributed by atoms with Gasteiger partial charge in [-0.05, 0) is 95.0 Å². The number of rotatable bonds is 12. The number of nitro groups is 1. The van der Waals surface area contributed by atoms with Gasteiger partial charge in [-0.2, -0.15) is 32.2 Å². The summed E-state index contributed by atoms with van der Waals surface area (Å²) in [7, 11) is -10.1. The Morgan fingerprint density at radius 3 is 1.74 bits per heavy atom. The molecule has 0 saturated carbocycles. The van der Waals surface area contributed by atoms with E-state index >= 15 is 0 Å². The summed E-state index contributed by atoms with van der Waals surface area (Å²) < 4.78 is 70.0. The third-order valence-electron chi connectivity index (χ3n) is 10.0. The molecule has 68 heavy (non-hydrogen) atoms. The molecule has 0 radical (unpaired) electrons. The highest BCUT2D eigenvalue weighted by Gasteiger charge is 2.25. The Kier molecular flexibility index (Phi) is 11.8. The van der Waals surface area contributed by atoms with E-state index in [1.165, 1.54) is 72.8 Å². The molecule has 0 aliphatic carbocycles. The lowest BCUT2D eigenvalue weighted by molar-refractivity contribution is -0.384. The zero-order valence-electron chi connectivity index (χ0n) is 34.0. The maximum Gasteiger partial charge on any atom is 0.337 e. The first kappa shape index (κ1) is 45.4. The molecule has 0 aliphatic rings. The molecule has 0 unspecified atom stereocenters. The molecule has 0 fully saturated rings. The summed E-state index contributed by atoms with van der Waals surface area (Å²) in [5.74, 6) is -2.81. The van der Waals surface area contributed by atoms with E-state index < -0.39 is 69.5 Å². The quantitative estimate of drug-likeness (QED) is 0.0197. The van der Waals surface area contributed by atoms with Gasteiger partial charge in [0, 0.05) is 22.9 Å². The number of carboxylic acids is 1. The van der Waals surface area contributed by atoms with Crippen molar-refractivity contribution in [2.45, 2.75) is 9.79 Å². The molecule has 25 heteroatoms. The summed E-state index contributed by atoms with van der Waals surface area (Å²) in [5.41, 5.74) is 4.49. The highest BCUT2D eigenvalue weighted by atomic mass is 32.2. The van der Waals surface area contributed by atoms with Crippen LogP contribution in [0.4, 0.5) is 56.9 Å². The van der Waals surface area contributed by atoms with E-state index in [9.17, 15) is 61.3 Å². The number of aromatic hydroxyl groups is 3. The summed E-state index contributed by atoms with van der Waals surface area (Å²) >= 11 is 0. The fourth-order valence-corrected chi connectivity index (χ4v) is 8.10. The Labute approximate surface area is 380 Å². The molecule has 0 aromatic heterocycles. The van der Waals surface area contributed by atoms with Crippen molar-refractivity contribution in [2.24, 2.45) is 40.9 Å². The van der Waals surface area contributed by atoms with E-state index in [1.54, 1.807) is 24.3 Å². The third kappa shape index (κ3) is 9.06. The van der Waals surface area contributed by atoms with Crippen LogP contribution in [0.15, 0.2) is 172 Å². The van der Waals surface area contributed by atoms with Gasteiger partial charge in [-0.1, -0.05) is 30.3 Å². The summed E-state index contributed by atoms with van der Waals surface area (Å²) in [4.78, 5) is 20.3. The summed E-state index contributed by atoms with van der Waals surface area (Å²) in [6.07, 6.45) is 0. The summed E-state index contributed by atoms with van der Waals surface area (Å²) in [6.45, 7) is 0. The first-order valence-corrected chi connectivity index (χ1v) is 22.0. The number of nitrogens with two attached hydrogens (primary N) is 1. The largest absolute Gasteiger partial charge is 0.505 e. The van der Waals surface area contributed by atoms with Gasteiger partial charge in [0.1, 0.15) is 38.2 Å². The van der Waals surface area contributed by atoms with Gasteiger partial charge < -0.3 is 26.2 Å². The number of carboxylic acid groups (broad SMARTS) is 1. The first-order valence-electron chi connectivity index (χ1n) is 19.1. The maximum absolute atomic E-state index is 12.6. The number of carbonyl (C=O) groups is 1. The molecule has 0 amide bonds. The zero-order chi connectivity index (χ0) is 48.7. The van der Waals surface area contributed by atoms with Gasteiger partial charge >= 0.3 is 5.97 Å². The summed E-state index contributed by atoms with van der Waals surface area (Å²) in [6, 6.07) is 26.6. The first-order chi connectivity index (χ1) is 32.3. The van der Waals surface area contributed by atoms with Crippen LogP contribution < -0.4 is 5.73 Å². The van der Waals surface area contributed by atoms with Gasteiger partial charge in [-0.25, -0.2) is 4.79 Å². The van der Waals surface area contributed by atoms with Crippen molar-refractivity contribution in [1.29, 1.82) is 0 Å². The predicted octanol–water partition coefficient (Wildman–Crippen LogP) is 11.6. The lowest BCUT2D eigenvalue weighted by Gasteiger charge is -2.12. The molecule has 0 bridgehead atoms. The van der Waals surface area contributed by atoms with Gasteiger partial charge in [0.15, 0.2) is 17.2 Å². The van der Waals surface area contributed by atoms with E-state index in [4.69, 9.17) is 5.73 Å². The molecule has 0 heterocycles. The topological polar surface area (TPSA) is 375 Å². The summed E-state index contributed by atoms with van der Waals surface area (Å²) in [5, 5.41) is 86.6. The molecular weight excluding hydrogens is 929 g/mol. The Morgan fingerprint density at radius 2 is 1.04 bits per heavy atom. The zero-order valence-corrected chi connectivity index (χ0v) is 35.6. The number of benzene rings is 8. The minimum Gasteiger partial charge on any atom is -0.505 e. The van der Waals surface area contributed by atoms with E-state index in [0.717, 1.165) is 24.3 Å². The van der Waals surface area contributed by atoms with Crippen LogP contribution in [0.25, 0.3) is 32.3 Å². The fourth-order valence-electron chi connectivity index (χ4n) is 6.77. The number of phenols is 3. The van der Waals surface area contributed by atoms with Crippen molar-refractivity contribution in [3.8, 4) is 17.2 Å². The maximum atomic E-state index is 12.6. The molecule has 23 nitrogen and oxygen atoms in total. The molecule has 340 valence electrons. The van der Waals surface area contributed by atoms with Crippen molar-refractivity contribution >= 4 is 115 Å². The van der Waals surface area contributed by atoms with Crippen LogP contribution in [-0.2, 0) is 20.2 Å². The average Bonchev–Trinajstić information content (AvgIpc) is 3.29. The molecule has 8 aromatic carbocycles. The van der Waals surface area contributed by atoms with Gasteiger partial charge in [-0.15, -0.1) is 25.6 Å². The van der Waals surface area contributed by atoms with Crippen molar-refractivity contribution < 1.29 is 56.1 Å². The van der Waals surface area contributed by atoms with Crippen LogP contribution in [0.1, 0.15) is 10.4 Å². The Bertz CT molecular complexity index is 3810. The van der Waals surface area contributed by atoms with Gasteiger partial charge in [-0.3, -0.25) is 19.2 Å². The van der Waals surface area contributed by atoms with Crippen LogP contribution in [0.5, 0.6) is 17.2 Å². The van der Waals surface area contributed by atoms with Gasteiger partial charge in [0.25, 0.3) is 25.9 Å². The molecule has 8 N–H and O–H groups in total. The number of nitrogens with zero attached hydrogens (tertiary/aromatic N) is 9. The number of hydrogen-bond donors (Lipinski definition) is 7. The number of fused-ring (bicyclic) bond motifs is 3. The second-order valence-electron chi connectivity index (χ2n) is 14.3. The fraction of sp³-hybridized carbons (Fsp3) is 0. The Hall–Kier alpha value is -9.17. The van der Waals surface area contributed by atoms with Crippen LogP contribution in [0.2, 0.25) is 0 Å². The highest BCUT2D eigenvalue weighted by Crippen LogP contribution is 2.47. The standard InChI is InChI=1S/C43H28N10O13S2/c44-37-36-23(7-16-33(42(36)56)49-46-25-11-14-28-21(17-25)6-15-32(40(28)54)50-48-31-4-2-1-3-29(31)43(57)58)19-34(67(61,62)63)38(37)51-47-26-8-5-22-18-35(68(64,65)66)39(41(55)30(22)20-26)52-45-24-9-12-27(13-10-24)53(59)60/h1-20,54-56H,44H2,(H,57,58)(H,61,62,63)(H,64,65,66). The third-order valence-corrected chi connectivity index (χ3v) is 11.8. The number of nitrogen functional groups attached to an aromatic ring is 1. The monoisotopic (exact) mass is 956 g/mol. The minimum atomic E-state index is -5.05. The van der Waals surface area contributed by atoms with Gasteiger partial charge in [0.05, 0.1) is 38.6 Å². The lowest BCUT2D eigenvalue weighted by Crippen LogP contribution is -2.01. The van der Waals surface area contributed by atoms with Crippen molar-refractivity contribution in [3.63, 3.8) is 0 Å². The minimum absolute atomic E-state index is 0.0243. The highest BCUT2D eigenvalue weighted by molar-refractivity contribution is 7.86. The number of phenolic OH excluding ortho intramolecular Hbond substituents is 3. The number of hydrogen-bond acceptors (Lipinski definition) is 19. The van der Waals surface area contributed by atoms with Crippen molar-refractivity contribution in [2.75, 3.05) is 5.73 Å². The second-order valence-corrected chi connectivity index (χ2v) is 17.1. The number of nitro benzene ring substituents is 1. The van der Waals surface area contributed by atoms with Crippen LogP contribution in [0, 0.1) is 10.1 Å². The van der Waals surface area contributed by atoms with E-state index in [0.29, 0.717) is 10.8 Å². The number of azo groups is 4. The number of anilines is 1. The van der Waals surface area contributed by atoms with Crippen molar-refractivity contribution in [3.05, 3.63) is 137 Å². The van der Waals surface area contributed by atoms with Crippen LogP contribution in [-0.4, -0.2) is 57.3 Å². The van der Waals surface area contributed by atoms with E-state index in [1.807, 2.05) is 0 Å². The smallest absolute Gasteiger partial charge is 0.337 e. The molecule has 0 spiro atoms. The number of aromatic carboxylic acids is 1. The molecule has 0 saturated heterocycles. The lowest BCUT2D eigenvalue weighted by atomic mass is 10.1. The number of non-ortho nitro benzene ring substituents is 1. The van der Waals surface area contributed by atoms with E-state index in [2.05, 4.69) is 40.9 Å². The molecular formula is C43H28N10O13S2. The van der Waals surface area contributed by atoms with Gasteiger partial charge in [0.2, 0.25) is 0 Å². The average molecular weight is 957 g/mol. The molecule has 8 rings (SSSR count). The second kappa shape index (κ2) is 17.7. The van der Waals surface area contributed by atoms with Crippen LogP contribution in [0.3, 0.4) is 0 Å². The SMILES string of the molecule is Nc1c(N=Nc2ccc3cc(S(=O)(=O)O)c(N=Nc4ccc([N+](=O)[O-])cc4)c(O)c3c2)c(S(=O)(=O)O)cc2ccc(N=Nc3ccc4c(O)c(N=Nc5ccccc5C(=O)O)ccc4c3)c(O)c12. The Morgan fingerprint density at radius 1 is 0.529 bits per heavy atom. The Balaban J connectivity index is 1.12. The predicted molar refractivity (Wildman–Crippen MR) is 244 cm³/mol. The molecule has 0 atom stereocenters. The van der Waals surface area contributed by atoms with E-state index in [-0.39, 0.29) is 72.7 Å². The normalized spacial score (nSPS) is 12.4.